The second-order valence-electron chi connectivity index (χ2n) is 7.50. The summed E-state index contributed by atoms with van der Waals surface area (Å²) in [5.41, 5.74) is 9.44. The fourth-order valence-corrected chi connectivity index (χ4v) is 3.66. The molecule has 1 fully saturated rings. The van der Waals surface area contributed by atoms with Crippen LogP contribution in [0.25, 0.3) is 0 Å². The van der Waals surface area contributed by atoms with E-state index in [2.05, 4.69) is 49.9 Å². The Kier molecular flexibility index (Phi) is 6.46. The van der Waals surface area contributed by atoms with Crippen molar-refractivity contribution >= 4 is 0 Å². The van der Waals surface area contributed by atoms with Crippen molar-refractivity contribution in [2.24, 2.45) is 11.7 Å². The van der Waals surface area contributed by atoms with Gasteiger partial charge in [0, 0.05) is 12.1 Å². The molecule has 1 unspecified atom stereocenters. The number of likely N-dealkylation sites (tertiary alicyclic amines) is 1. The number of hydrogen-bond acceptors (Lipinski definition) is 2. The summed E-state index contributed by atoms with van der Waals surface area (Å²) >= 11 is 0. The minimum atomic E-state index is 0.0329. The lowest BCUT2D eigenvalue weighted by molar-refractivity contribution is 0.125. The molecule has 124 valence electrons. The van der Waals surface area contributed by atoms with Gasteiger partial charge in [-0.1, -0.05) is 56.0 Å². The van der Waals surface area contributed by atoms with Crippen LogP contribution >= 0.6 is 0 Å². The molecular formula is C20H34N2. The van der Waals surface area contributed by atoms with Gasteiger partial charge in [-0.25, -0.2) is 0 Å². The quantitative estimate of drug-likeness (QED) is 0.751. The molecule has 1 heterocycles. The lowest BCUT2D eigenvalue weighted by Gasteiger charge is -2.40. The molecule has 0 bridgehead atoms. The van der Waals surface area contributed by atoms with Gasteiger partial charge in [0.15, 0.2) is 0 Å². The number of rotatable bonds is 7. The Balaban J connectivity index is 1.78. The van der Waals surface area contributed by atoms with Crippen LogP contribution in [0.1, 0.15) is 63.5 Å². The molecule has 1 aliphatic rings. The van der Waals surface area contributed by atoms with Crippen LogP contribution in [0.3, 0.4) is 0 Å². The number of nitrogens with zero attached hydrogens (tertiary/aromatic N) is 1. The molecule has 0 aliphatic carbocycles. The zero-order valence-electron chi connectivity index (χ0n) is 14.8. The molecule has 2 rings (SSSR count). The maximum Gasteiger partial charge on any atom is 0.0233 e. The summed E-state index contributed by atoms with van der Waals surface area (Å²) in [6, 6.07) is 8.96. The van der Waals surface area contributed by atoms with Crippen LogP contribution in [0.4, 0.5) is 0 Å². The SMILES string of the molecule is CCCCCC(C)(N)C1CCN(Cc2ccc(C)cc2)CC1. The number of aryl methyl sites for hydroxylation is 1. The van der Waals surface area contributed by atoms with Crippen LogP contribution in [0, 0.1) is 12.8 Å². The number of piperidine rings is 1. The average molecular weight is 303 g/mol. The molecule has 0 aromatic heterocycles. The van der Waals surface area contributed by atoms with E-state index in [-0.39, 0.29) is 5.54 Å². The monoisotopic (exact) mass is 302 g/mol. The van der Waals surface area contributed by atoms with Gasteiger partial charge in [-0.05, 0) is 57.7 Å². The van der Waals surface area contributed by atoms with Gasteiger partial charge in [0.1, 0.15) is 0 Å². The summed E-state index contributed by atoms with van der Waals surface area (Å²) in [4.78, 5) is 2.59. The molecule has 2 heteroatoms. The topological polar surface area (TPSA) is 29.3 Å². The highest BCUT2D eigenvalue weighted by Crippen LogP contribution is 2.30. The van der Waals surface area contributed by atoms with E-state index in [1.807, 2.05) is 0 Å². The molecular weight excluding hydrogens is 268 g/mol. The van der Waals surface area contributed by atoms with Crippen molar-refractivity contribution in [3.8, 4) is 0 Å². The van der Waals surface area contributed by atoms with Gasteiger partial charge in [-0.3, -0.25) is 4.90 Å². The van der Waals surface area contributed by atoms with Crippen molar-refractivity contribution in [1.29, 1.82) is 0 Å². The van der Waals surface area contributed by atoms with E-state index >= 15 is 0 Å². The Morgan fingerprint density at radius 2 is 1.77 bits per heavy atom. The summed E-state index contributed by atoms with van der Waals surface area (Å²) in [5, 5.41) is 0. The van der Waals surface area contributed by atoms with Crippen molar-refractivity contribution < 1.29 is 0 Å². The summed E-state index contributed by atoms with van der Waals surface area (Å²) in [5.74, 6) is 0.693. The first-order valence-electron chi connectivity index (χ1n) is 9.08. The minimum Gasteiger partial charge on any atom is -0.325 e. The normalized spacial score (nSPS) is 20.0. The largest absolute Gasteiger partial charge is 0.325 e. The number of unbranched alkanes of at least 4 members (excludes halogenated alkanes) is 2. The summed E-state index contributed by atoms with van der Waals surface area (Å²) < 4.78 is 0. The second-order valence-corrected chi connectivity index (χ2v) is 7.50. The Labute approximate surface area is 137 Å². The Bertz CT molecular complexity index is 428. The summed E-state index contributed by atoms with van der Waals surface area (Å²) in [6.07, 6.45) is 7.58. The maximum atomic E-state index is 6.63. The van der Waals surface area contributed by atoms with Gasteiger partial charge in [0.25, 0.3) is 0 Å². The highest BCUT2D eigenvalue weighted by molar-refractivity contribution is 5.21. The van der Waals surface area contributed by atoms with E-state index in [1.54, 1.807) is 0 Å². The predicted octanol–water partition coefficient (Wildman–Crippen LogP) is 4.50. The molecule has 0 amide bonds. The van der Waals surface area contributed by atoms with Gasteiger partial charge in [0.05, 0.1) is 0 Å². The van der Waals surface area contributed by atoms with E-state index < -0.39 is 0 Å². The molecule has 1 saturated heterocycles. The molecule has 1 atom stereocenters. The fraction of sp³-hybridized carbons (Fsp3) is 0.700. The first-order valence-corrected chi connectivity index (χ1v) is 9.08. The standard InChI is InChI=1S/C20H34N2/c1-4-5-6-13-20(3,21)19-11-14-22(15-12-19)16-18-9-7-17(2)8-10-18/h7-10,19H,4-6,11-16,21H2,1-3H3. The number of nitrogens with two attached hydrogens (primary N) is 1. The summed E-state index contributed by atoms with van der Waals surface area (Å²) in [7, 11) is 0. The number of benzene rings is 1. The Morgan fingerprint density at radius 3 is 2.36 bits per heavy atom. The van der Waals surface area contributed by atoms with Crippen molar-refractivity contribution in [2.75, 3.05) is 13.1 Å². The van der Waals surface area contributed by atoms with Gasteiger partial charge in [-0.2, -0.15) is 0 Å². The van der Waals surface area contributed by atoms with Crippen LogP contribution < -0.4 is 5.73 Å². The van der Waals surface area contributed by atoms with Gasteiger partial charge in [-0.15, -0.1) is 0 Å². The third-order valence-corrected chi connectivity index (χ3v) is 5.37. The molecule has 0 radical (unpaired) electrons. The molecule has 1 aromatic carbocycles. The van der Waals surface area contributed by atoms with Crippen molar-refractivity contribution in [1.82, 2.24) is 4.90 Å². The molecule has 1 aliphatic heterocycles. The van der Waals surface area contributed by atoms with Crippen LogP contribution in [0.2, 0.25) is 0 Å². The van der Waals surface area contributed by atoms with E-state index in [1.165, 1.54) is 62.7 Å². The maximum absolute atomic E-state index is 6.63. The molecule has 2 nitrogen and oxygen atoms in total. The zero-order chi connectivity index (χ0) is 16.0. The molecule has 22 heavy (non-hydrogen) atoms. The Morgan fingerprint density at radius 1 is 1.14 bits per heavy atom. The fourth-order valence-electron chi connectivity index (χ4n) is 3.66. The van der Waals surface area contributed by atoms with Crippen molar-refractivity contribution in [3.63, 3.8) is 0 Å². The first-order chi connectivity index (χ1) is 10.5. The molecule has 0 spiro atoms. The van der Waals surface area contributed by atoms with Crippen LogP contribution in [0.15, 0.2) is 24.3 Å². The van der Waals surface area contributed by atoms with Crippen LogP contribution in [-0.2, 0) is 6.54 Å². The Hall–Kier alpha value is -0.860. The third kappa shape index (κ3) is 5.10. The highest BCUT2D eigenvalue weighted by atomic mass is 15.1. The molecule has 2 N–H and O–H groups in total. The van der Waals surface area contributed by atoms with Crippen molar-refractivity contribution in [2.45, 2.75) is 71.4 Å². The van der Waals surface area contributed by atoms with Gasteiger partial charge < -0.3 is 5.73 Å². The van der Waals surface area contributed by atoms with E-state index in [0.29, 0.717) is 5.92 Å². The predicted molar refractivity (Wildman–Crippen MR) is 95.9 cm³/mol. The van der Waals surface area contributed by atoms with Gasteiger partial charge >= 0.3 is 0 Å². The van der Waals surface area contributed by atoms with E-state index in [4.69, 9.17) is 5.73 Å². The molecule has 0 saturated carbocycles. The highest BCUT2D eigenvalue weighted by Gasteiger charge is 2.32. The summed E-state index contributed by atoms with van der Waals surface area (Å²) in [6.45, 7) is 10.2. The molecule has 1 aromatic rings. The minimum absolute atomic E-state index is 0.0329. The first kappa shape index (κ1) is 17.5. The lowest BCUT2D eigenvalue weighted by atomic mass is 9.76. The number of hydrogen-bond donors (Lipinski definition) is 1. The van der Waals surface area contributed by atoms with E-state index in [0.717, 1.165) is 6.54 Å². The van der Waals surface area contributed by atoms with Crippen molar-refractivity contribution in [3.05, 3.63) is 35.4 Å². The zero-order valence-corrected chi connectivity index (χ0v) is 14.8. The van der Waals surface area contributed by atoms with Crippen LogP contribution in [0.5, 0.6) is 0 Å². The van der Waals surface area contributed by atoms with Crippen LogP contribution in [-0.4, -0.2) is 23.5 Å². The lowest BCUT2D eigenvalue weighted by Crippen LogP contribution is -2.49. The van der Waals surface area contributed by atoms with E-state index in [9.17, 15) is 0 Å². The third-order valence-electron chi connectivity index (χ3n) is 5.37. The smallest absolute Gasteiger partial charge is 0.0233 e. The average Bonchev–Trinajstić information content (AvgIpc) is 2.50. The second kappa shape index (κ2) is 8.12. The van der Waals surface area contributed by atoms with Gasteiger partial charge in [0.2, 0.25) is 0 Å².